The summed E-state index contributed by atoms with van der Waals surface area (Å²) < 4.78 is 4.61. The topological polar surface area (TPSA) is 57.4 Å². The Morgan fingerprint density at radius 2 is 0.896 bits per heavy atom. The second-order valence-corrected chi connectivity index (χ2v) is 12.0. The van der Waals surface area contributed by atoms with Crippen molar-refractivity contribution in [3.63, 3.8) is 0 Å². The van der Waals surface area contributed by atoms with E-state index in [1.807, 2.05) is 42.5 Å². The van der Waals surface area contributed by atoms with Crippen molar-refractivity contribution in [2.24, 2.45) is 0 Å². The highest BCUT2D eigenvalue weighted by Gasteiger charge is 2.21. The lowest BCUT2D eigenvalue weighted by atomic mass is 9.91. The van der Waals surface area contributed by atoms with Gasteiger partial charge in [0.1, 0.15) is 0 Å². The Morgan fingerprint density at radius 3 is 1.58 bits per heavy atom. The van der Waals surface area contributed by atoms with Crippen molar-refractivity contribution in [3.05, 3.63) is 169 Å². The van der Waals surface area contributed by atoms with Gasteiger partial charge >= 0.3 is 0 Å². The van der Waals surface area contributed by atoms with Crippen LogP contribution in [0.1, 0.15) is 11.1 Å². The molecular formula is C44H26N4. The number of nitriles is 2. The Bertz CT molecular complexity index is 2750. The van der Waals surface area contributed by atoms with Crippen LogP contribution in [0.15, 0.2) is 158 Å². The summed E-state index contributed by atoms with van der Waals surface area (Å²) in [6.45, 7) is 0. The fourth-order valence-corrected chi connectivity index (χ4v) is 7.36. The Kier molecular flexibility index (Phi) is 6.22. The van der Waals surface area contributed by atoms with Gasteiger partial charge in [0.05, 0.1) is 51.0 Å². The van der Waals surface area contributed by atoms with Gasteiger partial charge in [-0.25, -0.2) is 0 Å². The summed E-state index contributed by atoms with van der Waals surface area (Å²) in [7, 11) is 0. The maximum absolute atomic E-state index is 9.91. The lowest BCUT2D eigenvalue weighted by Gasteiger charge is -2.17. The van der Waals surface area contributed by atoms with Gasteiger partial charge in [0.15, 0.2) is 0 Å². The molecule has 2 aromatic heterocycles. The van der Waals surface area contributed by atoms with Gasteiger partial charge in [0.25, 0.3) is 0 Å². The number of fused-ring (bicyclic) bond motifs is 6. The van der Waals surface area contributed by atoms with Crippen molar-refractivity contribution in [1.82, 2.24) is 9.13 Å². The highest BCUT2D eigenvalue weighted by atomic mass is 15.0. The predicted octanol–water partition coefficient (Wildman–Crippen LogP) is 11.0. The van der Waals surface area contributed by atoms with E-state index >= 15 is 0 Å². The van der Waals surface area contributed by atoms with E-state index in [1.165, 1.54) is 21.8 Å². The minimum Gasteiger partial charge on any atom is -0.309 e. The van der Waals surface area contributed by atoms with Crippen LogP contribution < -0.4 is 0 Å². The van der Waals surface area contributed by atoms with Crippen molar-refractivity contribution in [2.75, 3.05) is 0 Å². The first-order valence-electron chi connectivity index (χ1n) is 15.9. The second-order valence-electron chi connectivity index (χ2n) is 12.0. The van der Waals surface area contributed by atoms with Crippen LogP contribution in [0.3, 0.4) is 0 Å². The van der Waals surface area contributed by atoms with Gasteiger partial charge in [0, 0.05) is 32.8 Å². The molecular weight excluding hydrogens is 585 g/mol. The fraction of sp³-hybridized carbons (Fsp3) is 0. The molecule has 0 aliphatic carbocycles. The van der Waals surface area contributed by atoms with Crippen molar-refractivity contribution >= 4 is 43.6 Å². The van der Waals surface area contributed by atoms with Gasteiger partial charge in [-0.05, 0) is 83.4 Å². The van der Waals surface area contributed by atoms with Crippen molar-refractivity contribution in [2.45, 2.75) is 0 Å². The van der Waals surface area contributed by atoms with Crippen molar-refractivity contribution in [1.29, 1.82) is 10.5 Å². The molecule has 0 fully saturated rings. The van der Waals surface area contributed by atoms with Crippen LogP contribution in [0, 0.1) is 22.7 Å². The molecule has 0 N–H and O–H groups in total. The summed E-state index contributed by atoms with van der Waals surface area (Å²) in [5.41, 5.74) is 12.1. The zero-order chi connectivity index (χ0) is 32.2. The third-order valence-corrected chi connectivity index (χ3v) is 9.41. The molecule has 4 nitrogen and oxygen atoms in total. The summed E-state index contributed by atoms with van der Waals surface area (Å²) in [6, 6.07) is 59.0. The first-order chi connectivity index (χ1) is 23.7. The molecule has 0 saturated heterocycles. The smallest absolute Gasteiger partial charge is 0.0991 e. The van der Waals surface area contributed by atoms with E-state index in [0.29, 0.717) is 11.1 Å². The molecule has 0 aliphatic heterocycles. The molecule has 9 aromatic rings. The molecule has 4 heteroatoms. The number of hydrogen-bond acceptors (Lipinski definition) is 2. The Hall–Kier alpha value is -6.88. The molecule has 0 unspecified atom stereocenters. The molecule has 0 spiro atoms. The van der Waals surface area contributed by atoms with Crippen LogP contribution in [0.5, 0.6) is 0 Å². The monoisotopic (exact) mass is 610 g/mol. The summed E-state index contributed by atoms with van der Waals surface area (Å²) in [4.78, 5) is 0. The number of rotatable bonds is 4. The normalized spacial score (nSPS) is 11.3. The average Bonchev–Trinajstić information content (AvgIpc) is 3.67. The van der Waals surface area contributed by atoms with Crippen molar-refractivity contribution in [3.8, 4) is 45.8 Å². The largest absolute Gasteiger partial charge is 0.309 e. The second kappa shape index (κ2) is 10.9. The van der Waals surface area contributed by atoms with Crippen LogP contribution in [0.25, 0.3) is 77.2 Å². The Labute approximate surface area is 277 Å². The zero-order valence-corrected chi connectivity index (χ0v) is 25.8. The third kappa shape index (κ3) is 4.07. The first-order valence-corrected chi connectivity index (χ1v) is 15.9. The fourth-order valence-electron chi connectivity index (χ4n) is 7.36. The molecule has 48 heavy (non-hydrogen) atoms. The van der Waals surface area contributed by atoms with E-state index in [4.69, 9.17) is 0 Å². The molecule has 9 rings (SSSR count). The van der Waals surface area contributed by atoms with Crippen LogP contribution in [0.4, 0.5) is 0 Å². The van der Waals surface area contributed by atoms with Gasteiger partial charge < -0.3 is 9.13 Å². The predicted molar refractivity (Wildman–Crippen MR) is 195 cm³/mol. The molecule has 0 saturated carbocycles. The van der Waals surface area contributed by atoms with E-state index in [-0.39, 0.29) is 0 Å². The molecule has 0 aliphatic rings. The minimum absolute atomic E-state index is 0.612. The van der Waals surface area contributed by atoms with Crippen LogP contribution in [0.2, 0.25) is 0 Å². The maximum Gasteiger partial charge on any atom is 0.0991 e. The SMILES string of the molecule is N#Cc1ccc(-n2c3ccc(C#N)cc3c3c(-c4ccccc4-c4ccccc4-n4c5ccccc5c5ccccc54)cccc32)cc1. The molecule has 0 radical (unpaired) electrons. The van der Waals surface area contributed by atoms with Crippen LogP contribution in [-0.2, 0) is 0 Å². The molecule has 0 amide bonds. The maximum atomic E-state index is 9.91. The molecule has 0 atom stereocenters. The van der Waals surface area contributed by atoms with Crippen LogP contribution in [-0.4, -0.2) is 9.13 Å². The van der Waals surface area contributed by atoms with Crippen LogP contribution >= 0.6 is 0 Å². The Balaban J connectivity index is 1.34. The number of aromatic nitrogens is 2. The highest BCUT2D eigenvalue weighted by Crippen LogP contribution is 2.44. The Morgan fingerprint density at radius 1 is 0.375 bits per heavy atom. The third-order valence-electron chi connectivity index (χ3n) is 9.41. The van der Waals surface area contributed by atoms with E-state index < -0.39 is 0 Å². The first kappa shape index (κ1) is 27.4. The van der Waals surface area contributed by atoms with Gasteiger partial charge in [0.2, 0.25) is 0 Å². The van der Waals surface area contributed by atoms with E-state index in [2.05, 4.69) is 137 Å². The quantitative estimate of drug-likeness (QED) is 0.199. The molecule has 2 heterocycles. The lowest BCUT2D eigenvalue weighted by Crippen LogP contribution is -1.98. The van der Waals surface area contributed by atoms with Gasteiger partial charge in [-0.1, -0.05) is 91.0 Å². The average molecular weight is 611 g/mol. The van der Waals surface area contributed by atoms with E-state index in [1.54, 1.807) is 0 Å². The highest BCUT2D eigenvalue weighted by molar-refractivity contribution is 6.17. The van der Waals surface area contributed by atoms with Gasteiger partial charge in [-0.15, -0.1) is 0 Å². The van der Waals surface area contributed by atoms with Gasteiger partial charge in [-0.2, -0.15) is 10.5 Å². The zero-order valence-electron chi connectivity index (χ0n) is 25.8. The summed E-state index contributed by atoms with van der Waals surface area (Å²) in [5.74, 6) is 0. The summed E-state index contributed by atoms with van der Waals surface area (Å²) in [5, 5.41) is 23.9. The summed E-state index contributed by atoms with van der Waals surface area (Å²) in [6.07, 6.45) is 0. The number of para-hydroxylation sites is 3. The summed E-state index contributed by atoms with van der Waals surface area (Å²) >= 11 is 0. The van der Waals surface area contributed by atoms with Crippen molar-refractivity contribution < 1.29 is 0 Å². The van der Waals surface area contributed by atoms with Gasteiger partial charge in [-0.3, -0.25) is 0 Å². The minimum atomic E-state index is 0.612. The van der Waals surface area contributed by atoms with E-state index in [0.717, 1.165) is 55.4 Å². The molecule has 0 bridgehead atoms. The number of benzene rings is 7. The number of hydrogen-bond donors (Lipinski definition) is 0. The molecule has 7 aromatic carbocycles. The molecule has 222 valence electrons. The lowest BCUT2D eigenvalue weighted by molar-refractivity contribution is 1.18. The van der Waals surface area contributed by atoms with E-state index in [9.17, 15) is 10.5 Å². The number of nitrogens with zero attached hydrogens (tertiary/aromatic N) is 4. The standard InChI is InChI=1S/C44H26N4/c45-27-29-20-23-31(24-21-29)47-42-25-22-30(28-46)26-38(42)44-37(15-9-19-43(44)47)33-11-2-1-10-32(33)34-12-3-6-16-39(34)48-40-17-7-4-13-35(40)36-14-5-8-18-41(36)48/h1-26H.